The van der Waals surface area contributed by atoms with Gasteiger partial charge in [0.25, 0.3) is 0 Å². The van der Waals surface area contributed by atoms with Crippen LogP contribution < -0.4 is 21.7 Å². The van der Waals surface area contributed by atoms with E-state index in [0.29, 0.717) is 25.9 Å². The fraction of sp³-hybridized carbons (Fsp3) is 0.545. The van der Waals surface area contributed by atoms with Crippen molar-refractivity contribution in [3.8, 4) is 0 Å². The maximum atomic E-state index is 12.3. The van der Waals surface area contributed by atoms with E-state index in [-0.39, 0.29) is 13.0 Å². The summed E-state index contributed by atoms with van der Waals surface area (Å²) in [4.78, 5) is 47.1. The second-order valence-electron chi connectivity index (χ2n) is 8.21. The average Bonchev–Trinajstić information content (AvgIpc) is 2.70. The number of ether oxygens (including phenoxy) is 2. The molecule has 0 aliphatic rings. The van der Waals surface area contributed by atoms with Gasteiger partial charge in [-0.2, -0.15) is 0 Å². The molecular formula is C22H34N4O6. The molecule has 0 spiro atoms. The van der Waals surface area contributed by atoms with E-state index in [9.17, 15) is 19.2 Å². The summed E-state index contributed by atoms with van der Waals surface area (Å²) in [6.07, 6.45) is 0.497. The van der Waals surface area contributed by atoms with E-state index in [0.717, 1.165) is 12.0 Å². The number of primary amides is 1. The molecule has 0 aliphatic heterocycles. The number of alkyl carbamates (subject to hydrolysis) is 2. The van der Waals surface area contributed by atoms with Crippen molar-refractivity contribution in [2.24, 2.45) is 5.73 Å². The lowest BCUT2D eigenvalue weighted by Crippen LogP contribution is -2.48. The fourth-order valence-electron chi connectivity index (χ4n) is 2.58. The molecule has 5 N–H and O–H groups in total. The molecule has 10 nitrogen and oxygen atoms in total. The SMILES string of the molecule is CC(C)(C)OC(=O)NCCCCCNC(=O)[C@H](CC(N)=O)NC(=O)OCc1ccccc1. The van der Waals surface area contributed by atoms with Crippen LogP contribution in [-0.4, -0.2) is 48.7 Å². The van der Waals surface area contributed by atoms with Gasteiger partial charge in [0.2, 0.25) is 11.8 Å². The summed E-state index contributed by atoms with van der Waals surface area (Å²) in [5.74, 6) is -1.24. The molecule has 10 heteroatoms. The zero-order valence-corrected chi connectivity index (χ0v) is 18.9. The van der Waals surface area contributed by atoms with Crippen molar-refractivity contribution in [2.75, 3.05) is 13.1 Å². The van der Waals surface area contributed by atoms with E-state index in [2.05, 4.69) is 16.0 Å². The quantitative estimate of drug-likeness (QED) is 0.358. The van der Waals surface area contributed by atoms with Crippen LogP contribution >= 0.6 is 0 Å². The zero-order valence-electron chi connectivity index (χ0n) is 18.9. The van der Waals surface area contributed by atoms with Gasteiger partial charge in [-0.1, -0.05) is 30.3 Å². The van der Waals surface area contributed by atoms with Crippen LogP contribution in [0.15, 0.2) is 30.3 Å². The normalized spacial score (nSPS) is 11.7. The summed E-state index contributed by atoms with van der Waals surface area (Å²) in [6.45, 7) is 6.22. The first kappa shape index (κ1) is 26.7. The molecule has 0 radical (unpaired) electrons. The Kier molecular flexibility index (Phi) is 11.6. The molecule has 32 heavy (non-hydrogen) atoms. The third-order valence-corrected chi connectivity index (χ3v) is 4.05. The van der Waals surface area contributed by atoms with Crippen LogP contribution in [0.4, 0.5) is 9.59 Å². The Morgan fingerprint density at radius 1 is 0.938 bits per heavy atom. The largest absolute Gasteiger partial charge is 0.445 e. The Hall–Kier alpha value is -3.30. The predicted molar refractivity (Wildman–Crippen MR) is 118 cm³/mol. The van der Waals surface area contributed by atoms with Crippen LogP contribution in [0.25, 0.3) is 0 Å². The second kappa shape index (κ2) is 13.9. The van der Waals surface area contributed by atoms with E-state index in [1.54, 1.807) is 32.9 Å². The number of rotatable bonds is 12. The fourth-order valence-corrected chi connectivity index (χ4v) is 2.58. The topological polar surface area (TPSA) is 149 Å². The zero-order chi connectivity index (χ0) is 24.0. The lowest BCUT2D eigenvalue weighted by Gasteiger charge is -2.19. The lowest BCUT2D eigenvalue weighted by atomic mass is 10.1. The summed E-state index contributed by atoms with van der Waals surface area (Å²) < 4.78 is 10.2. The van der Waals surface area contributed by atoms with Crippen LogP contribution in [0.5, 0.6) is 0 Å². The number of nitrogens with one attached hydrogen (secondary N) is 3. The van der Waals surface area contributed by atoms with Gasteiger partial charge < -0.3 is 31.2 Å². The molecule has 1 aromatic rings. The lowest BCUT2D eigenvalue weighted by molar-refractivity contribution is -0.127. The maximum Gasteiger partial charge on any atom is 0.408 e. The van der Waals surface area contributed by atoms with Crippen molar-refractivity contribution in [3.05, 3.63) is 35.9 Å². The van der Waals surface area contributed by atoms with Gasteiger partial charge in [0.05, 0.1) is 6.42 Å². The highest BCUT2D eigenvalue weighted by Crippen LogP contribution is 2.06. The van der Waals surface area contributed by atoms with Crippen molar-refractivity contribution in [2.45, 2.75) is 64.7 Å². The van der Waals surface area contributed by atoms with Crippen molar-refractivity contribution in [3.63, 3.8) is 0 Å². The molecule has 0 aliphatic carbocycles. The Bertz CT molecular complexity index is 749. The molecule has 0 heterocycles. The van der Waals surface area contributed by atoms with Gasteiger partial charge in [-0.15, -0.1) is 0 Å². The van der Waals surface area contributed by atoms with Gasteiger partial charge in [0.15, 0.2) is 0 Å². The minimum Gasteiger partial charge on any atom is -0.445 e. The summed E-state index contributed by atoms with van der Waals surface area (Å²) in [7, 11) is 0. The third-order valence-electron chi connectivity index (χ3n) is 4.05. The van der Waals surface area contributed by atoms with Crippen LogP contribution in [0, 0.1) is 0 Å². The standard InChI is InChI=1S/C22H34N4O6/c1-22(2,3)32-20(29)25-13-9-5-8-12-24-19(28)17(14-18(23)27)26-21(30)31-15-16-10-6-4-7-11-16/h4,6-7,10-11,17H,5,8-9,12-15H2,1-3H3,(H2,23,27)(H,24,28)(H,25,29)(H,26,30)/t17-/m0/s1. The number of carbonyl (C=O) groups is 4. The van der Waals surface area contributed by atoms with Crippen molar-refractivity contribution >= 4 is 24.0 Å². The minimum absolute atomic E-state index is 0.0366. The molecule has 0 fully saturated rings. The molecule has 0 bridgehead atoms. The monoisotopic (exact) mass is 450 g/mol. The van der Waals surface area contributed by atoms with E-state index in [4.69, 9.17) is 15.2 Å². The molecule has 0 saturated heterocycles. The van der Waals surface area contributed by atoms with Gasteiger partial charge in [-0.25, -0.2) is 9.59 Å². The Morgan fingerprint density at radius 3 is 2.16 bits per heavy atom. The number of nitrogens with two attached hydrogens (primary N) is 1. The minimum atomic E-state index is -1.12. The summed E-state index contributed by atoms with van der Waals surface area (Å²) in [5, 5.41) is 7.71. The Labute approximate surface area is 188 Å². The van der Waals surface area contributed by atoms with E-state index in [1.807, 2.05) is 18.2 Å². The summed E-state index contributed by atoms with van der Waals surface area (Å²) in [6, 6.07) is 7.94. The number of hydrogen-bond donors (Lipinski definition) is 4. The Morgan fingerprint density at radius 2 is 1.56 bits per heavy atom. The van der Waals surface area contributed by atoms with E-state index < -0.39 is 35.6 Å². The first-order valence-corrected chi connectivity index (χ1v) is 10.6. The molecule has 0 aromatic heterocycles. The molecule has 4 amide bonds. The molecule has 1 atom stereocenters. The Balaban J connectivity index is 2.29. The first-order valence-electron chi connectivity index (χ1n) is 10.6. The predicted octanol–water partition coefficient (Wildman–Crippen LogP) is 1.97. The van der Waals surface area contributed by atoms with Crippen molar-refractivity contribution < 1.29 is 28.7 Å². The molecule has 0 unspecified atom stereocenters. The highest BCUT2D eigenvalue weighted by Gasteiger charge is 2.23. The second-order valence-corrected chi connectivity index (χ2v) is 8.21. The number of unbranched alkanes of at least 4 members (excludes halogenated alkanes) is 2. The molecule has 178 valence electrons. The van der Waals surface area contributed by atoms with E-state index >= 15 is 0 Å². The van der Waals surface area contributed by atoms with Gasteiger partial charge in [0.1, 0.15) is 18.2 Å². The molecule has 1 rings (SSSR count). The van der Waals surface area contributed by atoms with Crippen LogP contribution in [0.1, 0.15) is 52.0 Å². The molecule has 0 saturated carbocycles. The van der Waals surface area contributed by atoms with Gasteiger partial charge in [-0.05, 0) is 45.6 Å². The smallest absolute Gasteiger partial charge is 0.408 e. The van der Waals surface area contributed by atoms with Crippen LogP contribution in [0.2, 0.25) is 0 Å². The average molecular weight is 451 g/mol. The number of amides is 4. The van der Waals surface area contributed by atoms with E-state index in [1.165, 1.54) is 0 Å². The summed E-state index contributed by atoms with van der Waals surface area (Å²) in [5.41, 5.74) is 5.44. The van der Waals surface area contributed by atoms with Gasteiger partial charge >= 0.3 is 12.2 Å². The van der Waals surface area contributed by atoms with Crippen LogP contribution in [-0.2, 0) is 25.7 Å². The van der Waals surface area contributed by atoms with Gasteiger partial charge in [-0.3, -0.25) is 9.59 Å². The third kappa shape index (κ3) is 13.1. The number of benzene rings is 1. The highest BCUT2D eigenvalue weighted by atomic mass is 16.6. The maximum absolute atomic E-state index is 12.3. The number of hydrogen-bond acceptors (Lipinski definition) is 6. The van der Waals surface area contributed by atoms with Crippen molar-refractivity contribution in [1.82, 2.24) is 16.0 Å². The number of carbonyl (C=O) groups excluding carboxylic acids is 4. The first-order chi connectivity index (χ1) is 15.1. The van der Waals surface area contributed by atoms with Crippen molar-refractivity contribution in [1.29, 1.82) is 0 Å². The summed E-state index contributed by atoms with van der Waals surface area (Å²) >= 11 is 0. The molecule has 1 aromatic carbocycles. The van der Waals surface area contributed by atoms with Crippen LogP contribution in [0.3, 0.4) is 0 Å². The van der Waals surface area contributed by atoms with Gasteiger partial charge in [0, 0.05) is 13.1 Å². The molecular weight excluding hydrogens is 416 g/mol. The highest BCUT2D eigenvalue weighted by molar-refractivity contribution is 5.90.